The van der Waals surface area contributed by atoms with Crippen LogP contribution in [0.15, 0.2) is 57.8 Å². The number of para-hydroxylation sites is 1. The maximum absolute atomic E-state index is 14.3. The van der Waals surface area contributed by atoms with Crippen molar-refractivity contribution >= 4 is 21.7 Å². The number of hydrogen-bond acceptors (Lipinski definition) is 5. The predicted molar refractivity (Wildman–Crippen MR) is 95.6 cm³/mol. The molecule has 0 amide bonds. The quantitative estimate of drug-likeness (QED) is 0.658. The van der Waals surface area contributed by atoms with Gasteiger partial charge in [-0.2, -0.15) is 9.78 Å². The van der Waals surface area contributed by atoms with E-state index in [4.69, 9.17) is 4.74 Å². The van der Waals surface area contributed by atoms with Crippen molar-refractivity contribution < 1.29 is 19.0 Å². The summed E-state index contributed by atoms with van der Waals surface area (Å²) in [4.78, 5) is 24.9. The lowest BCUT2D eigenvalue weighted by Crippen LogP contribution is -2.24. The van der Waals surface area contributed by atoms with Crippen molar-refractivity contribution in [2.45, 2.75) is 0 Å². The largest absolute Gasteiger partial charge is 0.505 e. The third-order valence-electron chi connectivity index (χ3n) is 3.61. The molecule has 132 valence electrons. The zero-order valence-corrected chi connectivity index (χ0v) is 15.0. The smallest absolute Gasteiger partial charge is 0.275 e. The van der Waals surface area contributed by atoms with Gasteiger partial charge in [-0.25, -0.2) is 4.39 Å². The van der Waals surface area contributed by atoms with E-state index in [0.29, 0.717) is 4.68 Å². The first kappa shape index (κ1) is 17.8. The highest BCUT2D eigenvalue weighted by Crippen LogP contribution is 2.25. The van der Waals surface area contributed by atoms with Gasteiger partial charge < -0.3 is 9.84 Å². The Morgan fingerprint density at radius 3 is 2.58 bits per heavy atom. The molecule has 0 spiro atoms. The van der Waals surface area contributed by atoms with Crippen LogP contribution in [0.25, 0.3) is 5.69 Å². The number of ketones is 1. The number of halogens is 2. The monoisotopic (exact) mass is 418 g/mol. The van der Waals surface area contributed by atoms with Crippen molar-refractivity contribution in [1.82, 2.24) is 9.78 Å². The van der Waals surface area contributed by atoms with Gasteiger partial charge in [-0.15, -0.1) is 0 Å². The van der Waals surface area contributed by atoms with Gasteiger partial charge in [0.05, 0.1) is 7.11 Å². The molecule has 6 nitrogen and oxygen atoms in total. The van der Waals surface area contributed by atoms with E-state index in [-0.39, 0.29) is 22.7 Å². The highest BCUT2D eigenvalue weighted by atomic mass is 79.9. The van der Waals surface area contributed by atoms with E-state index in [9.17, 15) is 19.1 Å². The fraction of sp³-hybridized carbons (Fsp3) is 0.0556. The summed E-state index contributed by atoms with van der Waals surface area (Å²) in [6.45, 7) is 0. The minimum atomic E-state index is -0.807. The number of benzene rings is 2. The normalized spacial score (nSPS) is 10.6. The summed E-state index contributed by atoms with van der Waals surface area (Å²) >= 11 is 3.26. The SMILES string of the molecule is COc1cccc(F)c1-n1nc(C(=O)c2ccc(Br)cc2)c(O)cc1=O. The molecule has 1 N–H and O–H groups in total. The van der Waals surface area contributed by atoms with Crippen LogP contribution in [-0.2, 0) is 0 Å². The number of carbonyl (C=O) groups is 1. The van der Waals surface area contributed by atoms with Crippen molar-refractivity contribution in [3.8, 4) is 17.2 Å². The highest BCUT2D eigenvalue weighted by molar-refractivity contribution is 9.10. The van der Waals surface area contributed by atoms with Crippen LogP contribution in [0, 0.1) is 5.82 Å². The molecule has 0 fully saturated rings. The van der Waals surface area contributed by atoms with Gasteiger partial charge in [0, 0.05) is 16.1 Å². The number of hydrogen-bond donors (Lipinski definition) is 1. The zero-order valence-electron chi connectivity index (χ0n) is 13.4. The average molecular weight is 419 g/mol. The van der Waals surface area contributed by atoms with Gasteiger partial charge in [-0.1, -0.05) is 22.0 Å². The molecule has 0 saturated heterocycles. The topological polar surface area (TPSA) is 81.4 Å². The van der Waals surface area contributed by atoms with E-state index in [1.54, 1.807) is 12.1 Å². The number of aromatic nitrogens is 2. The van der Waals surface area contributed by atoms with E-state index in [0.717, 1.165) is 16.6 Å². The third kappa shape index (κ3) is 3.23. The van der Waals surface area contributed by atoms with Crippen LogP contribution in [0.1, 0.15) is 16.1 Å². The number of ether oxygens (including phenoxy) is 1. The molecule has 0 atom stereocenters. The summed E-state index contributed by atoms with van der Waals surface area (Å²) in [6, 6.07) is 11.2. The maximum Gasteiger partial charge on any atom is 0.275 e. The molecular weight excluding hydrogens is 407 g/mol. The highest BCUT2D eigenvalue weighted by Gasteiger charge is 2.21. The van der Waals surface area contributed by atoms with Crippen LogP contribution in [0.2, 0.25) is 0 Å². The van der Waals surface area contributed by atoms with E-state index in [1.807, 2.05) is 0 Å². The predicted octanol–water partition coefficient (Wildman–Crippen LogP) is 3.08. The standard InChI is InChI=1S/C18H12BrFN2O4/c1-26-14-4-2-3-12(20)17(14)22-15(24)9-13(23)16(21-22)18(25)10-5-7-11(19)8-6-10/h2-9,23H,1H3. The van der Waals surface area contributed by atoms with Gasteiger partial charge in [-0.3, -0.25) is 9.59 Å². The molecule has 0 aliphatic rings. The lowest BCUT2D eigenvalue weighted by atomic mass is 10.1. The summed E-state index contributed by atoms with van der Waals surface area (Å²) in [5.74, 6) is -1.90. The summed E-state index contributed by atoms with van der Waals surface area (Å²) in [5, 5.41) is 13.9. The van der Waals surface area contributed by atoms with Gasteiger partial charge in [0.25, 0.3) is 5.56 Å². The van der Waals surface area contributed by atoms with Crippen LogP contribution in [0.5, 0.6) is 11.5 Å². The Labute approximate surface area is 155 Å². The molecule has 3 aromatic rings. The second-order valence-electron chi connectivity index (χ2n) is 5.25. The molecule has 0 unspecified atom stereocenters. The van der Waals surface area contributed by atoms with E-state index >= 15 is 0 Å². The number of nitrogens with zero attached hydrogens (tertiary/aromatic N) is 2. The van der Waals surface area contributed by atoms with Crippen molar-refractivity contribution in [1.29, 1.82) is 0 Å². The second-order valence-corrected chi connectivity index (χ2v) is 6.17. The number of methoxy groups -OCH3 is 1. The average Bonchev–Trinajstić information content (AvgIpc) is 2.62. The Morgan fingerprint density at radius 1 is 1.23 bits per heavy atom. The van der Waals surface area contributed by atoms with Gasteiger partial charge in [0.1, 0.15) is 11.4 Å². The molecule has 1 heterocycles. The fourth-order valence-electron chi connectivity index (χ4n) is 2.37. The fourth-order valence-corrected chi connectivity index (χ4v) is 2.64. The minimum absolute atomic E-state index is 0.0623. The van der Waals surface area contributed by atoms with Gasteiger partial charge in [0.2, 0.25) is 5.78 Å². The van der Waals surface area contributed by atoms with Gasteiger partial charge in [-0.05, 0) is 36.4 Å². The van der Waals surface area contributed by atoms with Crippen LogP contribution in [-0.4, -0.2) is 27.8 Å². The maximum atomic E-state index is 14.3. The molecule has 3 rings (SSSR count). The van der Waals surface area contributed by atoms with Crippen LogP contribution in [0.4, 0.5) is 4.39 Å². The van der Waals surface area contributed by atoms with E-state index in [1.165, 1.54) is 31.4 Å². The third-order valence-corrected chi connectivity index (χ3v) is 4.14. The Hall–Kier alpha value is -3.00. The van der Waals surface area contributed by atoms with Gasteiger partial charge >= 0.3 is 0 Å². The van der Waals surface area contributed by atoms with Crippen LogP contribution in [0.3, 0.4) is 0 Å². The Morgan fingerprint density at radius 2 is 1.92 bits per heavy atom. The molecule has 0 saturated carbocycles. The first-order chi connectivity index (χ1) is 12.4. The summed E-state index contributed by atoms with van der Waals surface area (Å²) in [7, 11) is 1.32. The van der Waals surface area contributed by atoms with Crippen molar-refractivity contribution in [2.75, 3.05) is 7.11 Å². The minimum Gasteiger partial charge on any atom is -0.505 e. The molecular formula is C18H12BrFN2O4. The van der Waals surface area contributed by atoms with Crippen molar-refractivity contribution in [2.24, 2.45) is 0 Å². The molecule has 1 aromatic heterocycles. The number of rotatable bonds is 4. The lowest BCUT2D eigenvalue weighted by molar-refractivity contribution is 0.102. The van der Waals surface area contributed by atoms with Crippen molar-refractivity contribution in [3.05, 3.63) is 80.4 Å². The molecule has 0 aliphatic carbocycles. The summed E-state index contributed by atoms with van der Waals surface area (Å²) in [6.07, 6.45) is 0. The molecule has 0 bridgehead atoms. The van der Waals surface area contributed by atoms with Gasteiger partial charge in [0.15, 0.2) is 17.3 Å². The first-order valence-electron chi connectivity index (χ1n) is 7.39. The molecule has 8 heteroatoms. The second kappa shape index (κ2) is 7.09. The summed E-state index contributed by atoms with van der Waals surface area (Å²) in [5.41, 5.74) is -1.18. The molecule has 0 aliphatic heterocycles. The molecule has 2 aromatic carbocycles. The zero-order chi connectivity index (χ0) is 18.8. The van der Waals surface area contributed by atoms with Crippen LogP contribution < -0.4 is 10.3 Å². The Bertz CT molecular complexity index is 1050. The first-order valence-corrected chi connectivity index (χ1v) is 8.18. The van der Waals surface area contributed by atoms with Crippen molar-refractivity contribution in [3.63, 3.8) is 0 Å². The van der Waals surface area contributed by atoms with Crippen LogP contribution >= 0.6 is 15.9 Å². The molecule has 26 heavy (non-hydrogen) atoms. The molecule has 0 radical (unpaired) electrons. The lowest BCUT2D eigenvalue weighted by Gasteiger charge is -2.12. The number of aromatic hydroxyl groups is 1. The Balaban J connectivity index is 2.19. The number of carbonyl (C=O) groups excluding carboxylic acids is 1. The summed E-state index contributed by atoms with van der Waals surface area (Å²) < 4.78 is 20.8. The van der Waals surface area contributed by atoms with E-state index < -0.39 is 22.9 Å². The van der Waals surface area contributed by atoms with E-state index in [2.05, 4.69) is 21.0 Å². The Kier molecular flexibility index (Phi) is 4.85.